The maximum Gasteiger partial charge on any atom is 0.157 e. The smallest absolute Gasteiger partial charge is 0.157 e. The Morgan fingerprint density at radius 3 is 1.29 bits per heavy atom. The van der Waals surface area contributed by atoms with Crippen molar-refractivity contribution in [3.05, 3.63) is 89.6 Å². The summed E-state index contributed by atoms with van der Waals surface area (Å²) in [6.45, 7) is 8.51. The van der Waals surface area contributed by atoms with Crippen LogP contribution in [-0.4, -0.2) is 29.9 Å². The van der Waals surface area contributed by atoms with Gasteiger partial charge in [-0.05, 0) is 49.9 Å². The number of nitrogens with zero attached hydrogens (tertiary/aromatic N) is 7. The van der Waals surface area contributed by atoms with Gasteiger partial charge < -0.3 is 0 Å². The second-order valence-corrected chi connectivity index (χ2v) is 8.75. The van der Waals surface area contributed by atoms with Gasteiger partial charge in [0.05, 0.1) is 17.6 Å². The molecule has 0 bridgehead atoms. The molecule has 6 rings (SSSR count). The van der Waals surface area contributed by atoms with Crippen LogP contribution in [-0.2, 0) is 0 Å². The van der Waals surface area contributed by atoms with E-state index in [1.165, 1.54) is 0 Å². The van der Waals surface area contributed by atoms with Crippen LogP contribution < -0.4 is 4.90 Å². The third-order valence-corrected chi connectivity index (χ3v) is 6.38. The van der Waals surface area contributed by atoms with E-state index in [1.54, 1.807) is 24.8 Å². The maximum atomic E-state index is 5.16. The van der Waals surface area contributed by atoms with Crippen molar-refractivity contribution in [2.45, 2.75) is 27.7 Å². The molecule has 6 aromatic rings. The van der Waals surface area contributed by atoms with Crippen LogP contribution in [0.3, 0.4) is 0 Å². The molecule has 35 heavy (non-hydrogen) atoms. The van der Waals surface area contributed by atoms with Crippen molar-refractivity contribution < 1.29 is 0 Å². The largest absolute Gasteiger partial charge is 0.293 e. The first-order valence-electron chi connectivity index (χ1n) is 11.5. The van der Waals surface area contributed by atoms with Crippen LogP contribution in [0.1, 0.15) is 22.3 Å². The molecule has 0 saturated carbocycles. The predicted octanol–water partition coefficient (Wildman–Crippen LogP) is 6.22. The first kappa shape index (κ1) is 21.0. The Kier molecular flexibility index (Phi) is 4.84. The van der Waals surface area contributed by atoms with Crippen molar-refractivity contribution in [2.24, 2.45) is 0 Å². The molecular formula is C28H23N7. The minimum absolute atomic E-state index is 0.654. The average Bonchev–Trinajstić information content (AvgIpc) is 2.87. The van der Waals surface area contributed by atoms with Crippen molar-refractivity contribution in [2.75, 3.05) is 4.90 Å². The Balaban J connectivity index is 1.73. The standard InChI is InChI=1S/C28H23N7/c1-16-7-5-8-17(2)27(16)35(28-18(3)9-6-10-19(28)4)20-15-33-25-23-21(29-11-12-31-23)22-24(26(25)34-20)32-14-13-30-22/h5-15H,1-4H3. The normalized spacial score (nSPS) is 11.4. The van der Waals surface area contributed by atoms with E-state index in [2.05, 4.69) is 88.9 Å². The molecule has 3 heterocycles. The summed E-state index contributed by atoms with van der Waals surface area (Å²) in [5.41, 5.74) is 10.8. The van der Waals surface area contributed by atoms with Gasteiger partial charge in [-0.3, -0.25) is 24.8 Å². The molecule has 0 unspecified atom stereocenters. The summed E-state index contributed by atoms with van der Waals surface area (Å²) in [5, 5.41) is 0. The summed E-state index contributed by atoms with van der Waals surface area (Å²) in [7, 11) is 0. The number of fused-ring (bicyclic) bond motifs is 6. The number of hydrogen-bond donors (Lipinski definition) is 0. The van der Waals surface area contributed by atoms with Gasteiger partial charge in [-0.15, -0.1) is 0 Å². The summed E-state index contributed by atoms with van der Waals surface area (Å²) in [6.07, 6.45) is 8.48. The van der Waals surface area contributed by atoms with Crippen LogP contribution in [0.15, 0.2) is 67.4 Å². The quantitative estimate of drug-likeness (QED) is 0.292. The van der Waals surface area contributed by atoms with E-state index in [9.17, 15) is 0 Å². The number of aryl methyl sites for hydroxylation is 4. The zero-order valence-corrected chi connectivity index (χ0v) is 20.0. The van der Waals surface area contributed by atoms with Crippen molar-refractivity contribution in [1.29, 1.82) is 0 Å². The van der Waals surface area contributed by atoms with Crippen molar-refractivity contribution in [1.82, 2.24) is 29.9 Å². The molecule has 7 nitrogen and oxygen atoms in total. The Hall–Kier alpha value is -4.52. The number of benzene rings is 3. The molecule has 3 aromatic carbocycles. The lowest BCUT2D eigenvalue weighted by Crippen LogP contribution is -2.17. The van der Waals surface area contributed by atoms with Gasteiger partial charge in [-0.25, -0.2) is 9.97 Å². The summed E-state index contributed by atoms with van der Waals surface area (Å²) in [4.78, 5) is 30.5. The van der Waals surface area contributed by atoms with Crippen molar-refractivity contribution >= 4 is 50.3 Å². The van der Waals surface area contributed by atoms with Gasteiger partial charge in [0.15, 0.2) is 5.82 Å². The van der Waals surface area contributed by atoms with Crippen LogP contribution in [0.4, 0.5) is 17.2 Å². The summed E-state index contributed by atoms with van der Waals surface area (Å²) in [5.74, 6) is 0.711. The Morgan fingerprint density at radius 1 is 0.486 bits per heavy atom. The molecule has 170 valence electrons. The van der Waals surface area contributed by atoms with E-state index in [4.69, 9.17) is 9.97 Å². The van der Waals surface area contributed by atoms with E-state index < -0.39 is 0 Å². The second-order valence-electron chi connectivity index (χ2n) is 8.75. The molecule has 0 radical (unpaired) electrons. The number of rotatable bonds is 3. The highest BCUT2D eigenvalue weighted by Gasteiger charge is 2.23. The lowest BCUT2D eigenvalue weighted by atomic mass is 10.0. The van der Waals surface area contributed by atoms with Gasteiger partial charge >= 0.3 is 0 Å². The summed E-state index contributed by atoms with van der Waals surface area (Å²) >= 11 is 0. The lowest BCUT2D eigenvalue weighted by molar-refractivity contribution is 1.12. The zero-order chi connectivity index (χ0) is 24.1. The van der Waals surface area contributed by atoms with E-state index in [0.717, 1.165) is 33.6 Å². The average molecular weight is 458 g/mol. The molecule has 0 aliphatic carbocycles. The predicted molar refractivity (Wildman–Crippen MR) is 139 cm³/mol. The molecule has 0 atom stereocenters. The van der Waals surface area contributed by atoms with Gasteiger partial charge in [0.1, 0.15) is 33.1 Å². The Morgan fingerprint density at radius 2 is 0.857 bits per heavy atom. The number of aromatic nitrogens is 6. The van der Waals surface area contributed by atoms with Gasteiger partial charge in [0, 0.05) is 24.8 Å². The first-order chi connectivity index (χ1) is 17.0. The number of para-hydroxylation sites is 2. The third-order valence-electron chi connectivity index (χ3n) is 6.38. The Bertz CT molecular complexity index is 1630. The maximum absolute atomic E-state index is 5.16. The van der Waals surface area contributed by atoms with E-state index in [0.29, 0.717) is 38.9 Å². The topological polar surface area (TPSA) is 80.6 Å². The molecule has 0 saturated heterocycles. The van der Waals surface area contributed by atoms with Crippen LogP contribution in [0.5, 0.6) is 0 Å². The van der Waals surface area contributed by atoms with Gasteiger partial charge in [-0.1, -0.05) is 36.4 Å². The van der Waals surface area contributed by atoms with Crippen LogP contribution >= 0.6 is 0 Å². The van der Waals surface area contributed by atoms with Gasteiger partial charge in [0.2, 0.25) is 0 Å². The fourth-order valence-electron chi connectivity index (χ4n) is 4.85. The molecule has 0 N–H and O–H groups in total. The molecule has 0 aliphatic rings. The minimum atomic E-state index is 0.654. The fourth-order valence-corrected chi connectivity index (χ4v) is 4.85. The number of anilines is 3. The molecule has 0 spiro atoms. The van der Waals surface area contributed by atoms with Crippen molar-refractivity contribution in [3.8, 4) is 0 Å². The molecule has 0 aliphatic heterocycles. The molecule has 7 heteroatoms. The highest BCUT2D eigenvalue weighted by molar-refractivity contribution is 6.17. The fraction of sp³-hybridized carbons (Fsp3) is 0.143. The molecule has 3 aromatic heterocycles. The molecular weight excluding hydrogens is 434 g/mol. The van der Waals surface area contributed by atoms with Crippen LogP contribution in [0, 0.1) is 27.7 Å². The summed E-state index contributed by atoms with van der Waals surface area (Å²) < 4.78 is 0. The minimum Gasteiger partial charge on any atom is -0.293 e. The first-order valence-corrected chi connectivity index (χ1v) is 11.5. The van der Waals surface area contributed by atoms with E-state index in [-0.39, 0.29) is 0 Å². The highest BCUT2D eigenvalue weighted by atomic mass is 15.2. The highest BCUT2D eigenvalue weighted by Crippen LogP contribution is 2.41. The monoisotopic (exact) mass is 457 g/mol. The van der Waals surface area contributed by atoms with Crippen LogP contribution in [0.25, 0.3) is 33.1 Å². The van der Waals surface area contributed by atoms with Gasteiger partial charge in [0.25, 0.3) is 0 Å². The SMILES string of the molecule is Cc1cccc(C)c1N(c1cnc2c3nccnc3c3nccnc3c2n1)c1c(C)cccc1C. The van der Waals surface area contributed by atoms with E-state index in [1.807, 2.05) is 6.20 Å². The van der Waals surface area contributed by atoms with Gasteiger partial charge in [-0.2, -0.15) is 0 Å². The van der Waals surface area contributed by atoms with Crippen LogP contribution in [0.2, 0.25) is 0 Å². The zero-order valence-electron chi connectivity index (χ0n) is 20.0. The lowest BCUT2D eigenvalue weighted by Gasteiger charge is -2.30. The third kappa shape index (κ3) is 3.27. The summed E-state index contributed by atoms with van der Waals surface area (Å²) in [6, 6.07) is 12.7. The Labute approximate surface area is 202 Å². The molecule has 0 amide bonds. The number of hydrogen-bond acceptors (Lipinski definition) is 7. The van der Waals surface area contributed by atoms with Crippen molar-refractivity contribution in [3.63, 3.8) is 0 Å². The second kappa shape index (κ2) is 8.06. The van der Waals surface area contributed by atoms with E-state index >= 15 is 0 Å². The molecule has 0 fully saturated rings.